The number of hydrogen-bond donors (Lipinski definition) is 4. The molecule has 0 saturated heterocycles. The molecule has 11 heteroatoms. The molecular weight excluding hydrogens is 447 g/mol. The Hall–Kier alpha value is -2.21. The third-order valence-corrected chi connectivity index (χ3v) is 6.28. The lowest BCUT2D eigenvalue weighted by molar-refractivity contribution is -0.123. The van der Waals surface area contributed by atoms with E-state index in [-0.39, 0.29) is 11.5 Å². The number of carbonyl (C=O) groups excluding carboxylic acids is 1. The maximum absolute atomic E-state index is 13.9. The van der Waals surface area contributed by atoms with Crippen LogP contribution in [-0.2, 0) is 14.8 Å². The van der Waals surface area contributed by atoms with Crippen molar-refractivity contribution in [3.63, 3.8) is 0 Å². The van der Waals surface area contributed by atoms with Crippen molar-refractivity contribution in [3.05, 3.63) is 59.9 Å². The molecule has 1 amide bonds. The minimum Gasteiger partial charge on any atom is -0.331 e. The van der Waals surface area contributed by atoms with Crippen LogP contribution in [0.1, 0.15) is 12.0 Å². The Labute approximate surface area is 185 Å². The van der Waals surface area contributed by atoms with Gasteiger partial charge in [-0.15, -0.1) is 0 Å². The zero-order valence-corrected chi connectivity index (χ0v) is 18.9. The van der Waals surface area contributed by atoms with Crippen LogP contribution in [0, 0.1) is 12.7 Å². The number of sulfonamides is 1. The SMILES string of the molecule is CSCCC(NS(=O)(=O)c1ccccc1F)C(=O)NNC(=S)Nc1cccc(C)c1. The molecule has 7 nitrogen and oxygen atoms in total. The molecule has 4 N–H and O–H groups in total. The average Bonchev–Trinajstić information content (AvgIpc) is 2.69. The molecule has 0 bridgehead atoms. The van der Waals surface area contributed by atoms with Crippen molar-refractivity contribution >= 4 is 50.7 Å². The van der Waals surface area contributed by atoms with Crippen LogP contribution in [0.5, 0.6) is 0 Å². The summed E-state index contributed by atoms with van der Waals surface area (Å²) in [6, 6.07) is 11.3. The predicted molar refractivity (Wildman–Crippen MR) is 122 cm³/mol. The van der Waals surface area contributed by atoms with E-state index >= 15 is 0 Å². The summed E-state index contributed by atoms with van der Waals surface area (Å²) in [7, 11) is -4.23. The first-order valence-corrected chi connectivity index (χ1v) is 12.2. The molecule has 0 aliphatic rings. The second-order valence-corrected chi connectivity index (χ2v) is 9.40. The summed E-state index contributed by atoms with van der Waals surface area (Å²) in [5, 5.41) is 3.05. The maximum atomic E-state index is 13.9. The van der Waals surface area contributed by atoms with Crippen molar-refractivity contribution in [2.45, 2.75) is 24.3 Å². The molecule has 162 valence electrons. The maximum Gasteiger partial charge on any atom is 0.256 e. The van der Waals surface area contributed by atoms with Crippen LogP contribution in [0.4, 0.5) is 10.1 Å². The van der Waals surface area contributed by atoms with E-state index in [1.807, 2.05) is 37.4 Å². The van der Waals surface area contributed by atoms with Gasteiger partial charge in [-0.2, -0.15) is 16.5 Å². The number of halogens is 1. The molecule has 0 radical (unpaired) electrons. The van der Waals surface area contributed by atoms with Gasteiger partial charge in [-0.05, 0) is 67.4 Å². The number of carbonyl (C=O) groups is 1. The number of hydrogen-bond acceptors (Lipinski definition) is 5. The Kier molecular flexibility index (Phi) is 9.03. The van der Waals surface area contributed by atoms with Crippen LogP contribution in [0.15, 0.2) is 53.4 Å². The zero-order valence-electron chi connectivity index (χ0n) is 16.4. The molecule has 2 aromatic rings. The molecule has 0 spiro atoms. The number of rotatable bonds is 8. The Balaban J connectivity index is 2.02. The molecule has 30 heavy (non-hydrogen) atoms. The third-order valence-electron chi connectivity index (χ3n) is 3.93. The van der Waals surface area contributed by atoms with Crippen molar-refractivity contribution in [2.24, 2.45) is 0 Å². The van der Waals surface area contributed by atoms with Gasteiger partial charge in [-0.3, -0.25) is 15.6 Å². The van der Waals surface area contributed by atoms with Gasteiger partial charge in [-0.1, -0.05) is 24.3 Å². The number of amides is 1. The molecule has 0 fully saturated rings. The fraction of sp³-hybridized carbons (Fsp3) is 0.263. The Morgan fingerprint density at radius 1 is 1.17 bits per heavy atom. The highest BCUT2D eigenvalue weighted by Gasteiger charge is 2.27. The van der Waals surface area contributed by atoms with Gasteiger partial charge in [0.1, 0.15) is 16.8 Å². The van der Waals surface area contributed by atoms with Crippen molar-refractivity contribution < 1.29 is 17.6 Å². The highest BCUT2D eigenvalue weighted by Crippen LogP contribution is 2.15. The molecule has 0 aliphatic heterocycles. The van der Waals surface area contributed by atoms with E-state index in [2.05, 4.69) is 20.9 Å². The Morgan fingerprint density at radius 3 is 2.57 bits per heavy atom. The molecular formula is C19H23FN4O3S3. The van der Waals surface area contributed by atoms with E-state index < -0.39 is 32.7 Å². The van der Waals surface area contributed by atoms with E-state index in [9.17, 15) is 17.6 Å². The number of nitrogens with one attached hydrogen (secondary N) is 4. The first-order valence-electron chi connectivity index (χ1n) is 8.92. The Morgan fingerprint density at radius 2 is 1.90 bits per heavy atom. The summed E-state index contributed by atoms with van der Waals surface area (Å²) in [4.78, 5) is 12.0. The lowest BCUT2D eigenvalue weighted by atomic mass is 10.2. The fourth-order valence-electron chi connectivity index (χ4n) is 2.48. The Bertz CT molecular complexity index is 1000. The summed E-state index contributed by atoms with van der Waals surface area (Å²) >= 11 is 6.60. The fourth-order valence-corrected chi connectivity index (χ4v) is 4.43. The number of hydrazine groups is 1. The summed E-state index contributed by atoms with van der Waals surface area (Å²) in [5.41, 5.74) is 6.71. The molecule has 0 saturated carbocycles. The van der Waals surface area contributed by atoms with Crippen LogP contribution in [0.2, 0.25) is 0 Å². The van der Waals surface area contributed by atoms with Crippen LogP contribution < -0.4 is 20.9 Å². The second-order valence-electron chi connectivity index (χ2n) is 6.32. The minimum absolute atomic E-state index is 0.134. The molecule has 2 rings (SSSR count). The van der Waals surface area contributed by atoms with Gasteiger partial charge >= 0.3 is 0 Å². The molecule has 0 aromatic heterocycles. The molecule has 1 unspecified atom stereocenters. The second kappa shape index (κ2) is 11.3. The van der Waals surface area contributed by atoms with Crippen molar-refractivity contribution in [3.8, 4) is 0 Å². The van der Waals surface area contributed by atoms with Gasteiger partial charge < -0.3 is 5.32 Å². The van der Waals surface area contributed by atoms with Gasteiger partial charge in [-0.25, -0.2) is 12.8 Å². The predicted octanol–water partition coefficient (Wildman–Crippen LogP) is 2.55. The molecule has 0 aliphatic carbocycles. The van der Waals surface area contributed by atoms with Gasteiger partial charge in [0.05, 0.1) is 0 Å². The van der Waals surface area contributed by atoms with E-state index in [1.54, 1.807) is 0 Å². The summed E-state index contributed by atoms with van der Waals surface area (Å²) in [6.07, 6.45) is 2.04. The number of thiocarbonyl (C=S) groups is 1. The standard InChI is InChI=1S/C19H23FN4O3S3/c1-13-6-5-7-14(12-13)21-19(28)23-22-18(25)16(10-11-29-2)24-30(26,27)17-9-4-3-8-15(17)20/h3-9,12,16,24H,10-11H2,1-2H3,(H,22,25)(H2,21,23,28). The smallest absolute Gasteiger partial charge is 0.256 e. The summed E-state index contributed by atoms with van der Waals surface area (Å²) in [5.74, 6) is -1.02. The van der Waals surface area contributed by atoms with Crippen molar-refractivity contribution in [1.29, 1.82) is 0 Å². The largest absolute Gasteiger partial charge is 0.331 e. The lowest BCUT2D eigenvalue weighted by Gasteiger charge is -2.19. The third kappa shape index (κ3) is 7.24. The van der Waals surface area contributed by atoms with E-state index in [0.29, 0.717) is 5.75 Å². The number of thioether (sulfide) groups is 1. The summed E-state index contributed by atoms with van der Waals surface area (Å²) < 4.78 is 41.3. The van der Waals surface area contributed by atoms with E-state index in [0.717, 1.165) is 23.4 Å². The number of benzene rings is 2. The van der Waals surface area contributed by atoms with E-state index in [1.165, 1.54) is 23.9 Å². The van der Waals surface area contributed by atoms with Crippen molar-refractivity contribution in [2.75, 3.05) is 17.3 Å². The van der Waals surface area contributed by atoms with Gasteiger partial charge in [0.15, 0.2) is 5.11 Å². The quantitative estimate of drug-likeness (QED) is 0.348. The van der Waals surface area contributed by atoms with Crippen LogP contribution >= 0.6 is 24.0 Å². The average molecular weight is 471 g/mol. The topological polar surface area (TPSA) is 99.3 Å². The molecule has 0 heterocycles. The zero-order chi connectivity index (χ0) is 22.1. The molecule has 2 aromatic carbocycles. The first-order chi connectivity index (χ1) is 14.2. The first kappa shape index (κ1) is 24.1. The van der Waals surface area contributed by atoms with E-state index in [4.69, 9.17) is 12.2 Å². The van der Waals surface area contributed by atoms with Gasteiger partial charge in [0, 0.05) is 5.69 Å². The lowest BCUT2D eigenvalue weighted by Crippen LogP contribution is -2.53. The minimum atomic E-state index is -4.23. The normalized spacial score (nSPS) is 12.1. The molecule has 1 atom stereocenters. The highest BCUT2D eigenvalue weighted by atomic mass is 32.2. The van der Waals surface area contributed by atoms with Crippen molar-refractivity contribution in [1.82, 2.24) is 15.6 Å². The van der Waals surface area contributed by atoms with Crippen LogP contribution in [0.25, 0.3) is 0 Å². The van der Waals surface area contributed by atoms with Gasteiger partial charge in [0.2, 0.25) is 10.0 Å². The van der Waals surface area contributed by atoms with Crippen LogP contribution in [-0.4, -0.2) is 37.5 Å². The highest BCUT2D eigenvalue weighted by molar-refractivity contribution is 7.98. The number of aryl methyl sites for hydroxylation is 1. The summed E-state index contributed by atoms with van der Waals surface area (Å²) in [6.45, 7) is 1.93. The van der Waals surface area contributed by atoms with Crippen LogP contribution in [0.3, 0.4) is 0 Å². The monoisotopic (exact) mass is 470 g/mol. The van der Waals surface area contributed by atoms with Gasteiger partial charge in [0.25, 0.3) is 5.91 Å². The number of anilines is 1.